The third-order valence-corrected chi connectivity index (χ3v) is 5.40. The highest BCUT2D eigenvalue weighted by Crippen LogP contribution is 2.23. The Morgan fingerprint density at radius 2 is 1.65 bits per heavy atom. The molecule has 1 aliphatic carbocycles. The van der Waals surface area contributed by atoms with Gasteiger partial charge in [0.25, 0.3) is 0 Å². The van der Waals surface area contributed by atoms with Crippen LogP contribution in [-0.4, -0.2) is 33.3 Å². The summed E-state index contributed by atoms with van der Waals surface area (Å²) in [5.74, 6) is -2.76. The normalized spacial score (nSPS) is 15.2. The molecule has 31 heavy (non-hydrogen) atoms. The third kappa shape index (κ3) is 6.82. The molecule has 5 nitrogen and oxygen atoms in total. The van der Waals surface area contributed by atoms with Crippen molar-refractivity contribution in [1.82, 2.24) is 15.3 Å². The van der Waals surface area contributed by atoms with E-state index in [-0.39, 0.29) is 0 Å². The van der Waals surface area contributed by atoms with Crippen molar-refractivity contribution in [3.8, 4) is 11.1 Å². The number of carboxylic acids is 1. The second-order valence-corrected chi connectivity index (χ2v) is 7.70. The molecule has 1 fully saturated rings. The number of imidazole rings is 1. The Morgan fingerprint density at radius 3 is 2.26 bits per heavy atom. The van der Waals surface area contributed by atoms with Gasteiger partial charge in [-0.05, 0) is 41.7 Å². The van der Waals surface area contributed by atoms with Crippen LogP contribution in [0.25, 0.3) is 22.2 Å². The zero-order valence-electron chi connectivity index (χ0n) is 17.1. The Balaban J connectivity index is 0.000000339. The summed E-state index contributed by atoms with van der Waals surface area (Å²) in [6.07, 6.45) is 4.92. The molecular formula is C23H26F3N3O2. The maximum atomic E-state index is 10.6. The number of halogens is 3. The first kappa shape index (κ1) is 22.8. The predicted octanol–water partition coefficient (Wildman–Crippen LogP) is 5.68. The lowest BCUT2D eigenvalue weighted by Crippen LogP contribution is -2.27. The van der Waals surface area contributed by atoms with Gasteiger partial charge in [0.1, 0.15) is 0 Å². The highest BCUT2D eigenvalue weighted by molar-refractivity contribution is 5.81. The van der Waals surface area contributed by atoms with Gasteiger partial charge in [0.2, 0.25) is 0 Å². The van der Waals surface area contributed by atoms with Crippen molar-refractivity contribution < 1.29 is 23.1 Å². The Morgan fingerprint density at radius 1 is 1.03 bits per heavy atom. The summed E-state index contributed by atoms with van der Waals surface area (Å²) in [6.45, 7) is 0.976. The topological polar surface area (TPSA) is 78.0 Å². The quantitative estimate of drug-likeness (QED) is 0.463. The number of nitrogens with zero attached hydrogens (tertiary/aromatic N) is 1. The third-order valence-electron chi connectivity index (χ3n) is 5.40. The minimum absolute atomic E-state index is 0.703. The van der Waals surface area contributed by atoms with Gasteiger partial charge in [0.05, 0.1) is 17.4 Å². The molecule has 3 aromatic rings. The molecule has 0 amide bonds. The number of aromatic amines is 1. The Bertz CT molecular complexity index is 976. The fraction of sp³-hybridized carbons (Fsp3) is 0.391. The number of aliphatic carboxylic acids is 1. The highest BCUT2D eigenvalue weighted by Gasteiger charge is 2.38. The van der Waals surface area contributed by atoms with E-state index in [1.54, 1.807) is 6.33 Å². The first-order valence-corrected chi connectivity index (χ1v) is 10.4. The summed E-state index contributed by atoms with van der Waals surface area (Å²) in [4.78, 5) is 16.4. The minimum Gasteiger partial charge on any atom is -0.475 e. The number of benzene rings is 2. The van der Waals surface area contributed by atoms with Crippen molar-refractivity contribution in [1.29, 1.82) is 0 Å². The maximum absolute atomic E-state index is 10.6. The summed E-state index contributed by atoms with van der Waals surface area (Å²) in [6, 6.07) is 16.0. The van der Waals surface area contributed by atoms with Crippen LogP contribution in [0, 0.1) is 0 Å². The monoisotopic (exact) mass is 433 g/mol. The number of aromatic nitrogens is 2. The first-order valence-electron chi connectivity index (χ1n) is 10.4. The van der Waals surface area contributed by atoms with E-state index in [1.807, 2.05) is 0 Å². The molecule has 1 saturated carbocycles. The first-order chi connectivity index (χ1) is 14.8. The number of alkyl halides is 3. The Hall–Kier alpha value is -2.87. The number of hydrogen-bond acceptors (Lipinski definition) is 3. The van der Waals surface area contributed by atoms with Crippen molar-refractivity contribution in [2.75, 3.05) is 0 Å². The average molecular weight is 433 g/mol. The van der Waals surface area contributed by atoms with E-state index in [0.717, 1.165) is 17.6 Å². The predicted molar refractivity (Wildman–Crippen MR) is 114 cm³/mol. The maximum Gasteiger partial charge on any atom is 0.490 e. The lowest BCUT2D eigenvalue weighted by molar-refractivity contribution is -0.192. The van der Waals surface area contributed by atoms with Gasteiger partial charge in [-0.15, -0.1) is 0 Å². The van der Waals surface area contributed by atoms with Crippen molar-refractivity contribution in [3.05, 3.63) is 54.4 Å². The van der Waals surface area contributed by atoms with Crippen LogP contribution >= 0.6 is 0 Å². The van der Waals surface area contributed by atoms with Crippen LogP contribution < -0.4 is 5.32 Å². The molecule has 0 spiro atoms. The number of nitrogens with one attached hydrogen (secondary N) is 2. The van der Waals surface area contributed by atoms with Crippen LogP contribution in [0.1, 0.15) is 44.1 Å². The molecule has 0 atom stereocenters. The van der Waals surface area contributed by atoms with Gasteiger partial charge < -0.3 is 15.4 Å². The number of carbonyl (C=O) groups is 1. The van der Waals surface area contributed by atoms with Gasteiger partial charge in [-0.1, -0.05) is 56.0 Å². The summed E-state index contributed by atoms with van der Waals surface area (Å²) in [5, 5.41) is 10.9. The SMILES string of the molecule is O=C(O)C(F)(F)F.c1nc2cc(-c3ccc(CNC4CCCCCC4)cc3)ccc2[nH]1. The van der Waals surface area contributed by atoms with Crippen LogP contribution in [0.4, 0.5) is 13.2 Å². The van der Waals surface area contributed by atoms with E-state index in [4.69, 9.17) is 9.90 Å². The van der Waals surface area contributed by atoms with E-state index in [2.05, 4.69) is 57.7 Å². The van der Waals surface area contributed by atoms with Crippen LogP contribution in [0.15, 0.2) is 48.8 Å². The van der Waals surface area contributed by atoms with Crippen LogP contribution in [-0.2, 0) is 11.3 Å². The average Bonchev–Trinajstić information content (AvgIpc) is 3.06. The van der Waals surface area contributed by atoms with E-state index < -0.39 is 12.1 Å². The molecule has 0 unspecified atom stereocenters. The minimum atomic E-state index is -5.08. The van der Waals surface area contributed by atoms with Crippen molar-refractivity contribution in [2.45, 2.75) is 57.3 Å². The summed E-state index contributed by atoms with van der Waals surface area (Å²) >= 11 is 0. The molecule has 1 aliphatic rings. The van der Waals surface area contributed by atoms with E-state index >= 15 is 0 Å². The fourth-order valence-electron chi connectivity index (χ4n) is 3.67. The molecule has 0 radical (unpaired) electrons. The van der Waals surface area contributed by atoms with E-state index in [9.17, 15) is 13.2 Å². The lowest BCUT2D eigenvalue weighted by atomic mass is 10.0. The van der Waals surface area contributed by atoms with Gasteiger partial charge in [0, 0.05) is 12.6 Å². The zero-order valence-corrected chi connectivity index (χ0v) is 17.1. The Labute approximate surface area is 178 Å². The molecule has 1 aromatic heterocycles. The van der Waals surface area contributed by atoms with Gasteiger partial charge >= 0.3 is 12.1 Å². The van der Waals surface area contributed by atoms with Gasteiger partial charge in [-0.2, -0.15) is 13.2 Å². The van der Waals surface area contributed by atoms with Crippen molar-refractivity contribution >= 4 is 17.0 Å². The largest absolute Gasteiger partial charge is 0.490 e. The second-order valence-electron chi connectivity index (χ2n) is 7.70. The second kappa shape index (κ2) is 10.4. The van der Waals surface area contributed by atoms with Crippen molar-refractivity contribution in [2.24, 2.45) is 0 Å². The molecule has 0 aliphatic heterocycles. The standard InChI is InChI=1S/C21H25N3.C2HF3O2/c1-2-4-6-19(5-3-1)22-14-16-7-9-17(10-8-16)18-11-12-20-21(13-18)24-15-23-20;3-2(4,5)1(6)7/h7-13,15,19,22H,1-6,14H2,(H,23,24);(H,6,7). The smallest absolute Gasteiger partial charge is 0.475 e. The molecule has 2 aromatic carbocycles. The molecule has 1 heterocycles. The highest BCUT2D eigenvalue weighted by atomic mass is 19.4. The summed E-state index contributed by atoms with van der Waals surface area (Å²) in [5.41, 5.74) is 5.94. The van der Waals surface area contributed by atoms with Gasteiger partial charge in [-0.3, -0.25) is 0 Å². The molecule has 0 saturated heterocycles. The summed E-state index contributed by atoms with van der Waals surface area (Å²) in [7, 11) is 0. The number of fused-ring (bicyclic) bond motifs is 1. The van der Waals surface area contributed by atoms with Crippen LogP contribution in [0.2, 0.25) is 0 Å². The number of rotatable bonds is 4. The van der Waals surface area contributed by atoms with Crippen molar-refractivity contribution in [3.63, 3.8) is 0 Å². The molecule has 3 N–H and O–H groups in total. The number of H-pyrrole nitrogens is 1. The zero-order chi connectivity index (χ0) is 22.3. The van der Waals surface area contributed by atoms with Gasteiger partial charge in [0.15, 0.2) is 0 Å². The molecule has 166 valence electrons. The molecule has 0 bridgehead atoms. The molecule has 8 heteroatoms. The number of hydrogen-bond donors (Lipinski definition) is 3. The van der Waals surface area contributed by atoms with Crippen LogP contribution in [0.5, 0.6) is 0 Å². The molecule has 4 rings (SSSR count). The molecular weight excluding hydrogens is 407 g/mol. The van der Waals surface area contributed by atoms with Crippen LogP contribution in [0.3, 0.4) is 0 Å². The number of carboxylic acid groups (broad SMARTS) is 1. The lowest BCUT2D eigenvalue weighted by Gasteiger charge is -2.16. The van der Waals surface area contributed by atoms with E-state index in [0.29, 0.717) is 6.04 Å². The Kier molecular flexibility index (Phi) is 7.68. The van der Waals surface area contributed by atoms with E-state index in [1.165, 1.54) is 55.2 Å². The fourth-order valence-corrected chi connectivity index (χ4v) is 3.67. The summed E-state index contributed by atoms with van der Waals surface area (Å²) < 4.78 is 31.7. The van der Waals surface area contributed by atoms with Gasteiger partial charge in [-0.25, -0.2) is 9.78 Å².